The molecule has 0 radical (unpaired) electrons. The number of esters is 1. The smallest absolute Gasteiger partial charge is 0.338 e. The Morgan fingerprint density at radius 3 is 2.58 bits per heavy atom. The van der Waals surface area contributed by atoms with Gasteiger partial charge < -0.3 is 9.72 Å². The van der Waals surface area contributed by atoms with Crippen molar-refractivity contribution in [3.63, 3.8) is 0 Å². The highest BCUT2D eigenvalue weighted by molar-refractivity contribution is 7.89. The van der Waals surface area contributed by atoms with Crippen LogP contribution in [0.15, 0.2) is 52.2 Å². The number of hydrogen-bond acceptors (Lipinski definition) is 5. The van der Waals surface area contributed by atoms with Gasteiger partial charge in [0, 0.05) is 19.6 Å². The monoisotopic (exact) mass is 449 g/mol. The maximum Gasteiger partial charge on any atom is 0.338 e. The number of imidazole rings is 1. The molecule has 1 N–H and O–H groups in total. The molecule has 0 amide bonds. The fourth-order valence-corrected chi connectivity index (χ4v) is 4.88. The topological polar surface area (TPSA) is 101 Å². The molecule has 2 aromatic carbocycles. The van der Waals surface area contributed by atoms with Gasteiger partial charge >= 0.3 is 11.7 Å². The van der Waals surface area contributed by atoms with Gasteiger partial charge in [0.25, 0.3) is 0 Å². The van der Waals surface area contributed by atoms with Gasteiger partial charge in [0.05, 0.1) is 23.2 Å². The number of benzene rings is 2. The minimum atomic E-state index is -4.06. The number of carbonyl (C=O) groups excluding carboxylic acids is 1. The minimum Gasteiger partial charge on any atom is -0.462 e. The van der Waals surface area contributed by atoms with E-state index in [1.165, 1.54) is 6.07 Å². The van der Waals surface area contributed by atoms with Crippen LogP contribution in [0.4, 0.5) is 4.39 Å². The van der Waals surface area contributed by atoms with Gasteiger partial charge in [0.15, 0.2) is 0 Å². The molecule has 1 aromatic heterocycles. The highest BCUT2D eigenvalue weighted by atomic mass is 32.2. The quantitative estimate of drug-likeness (QED) is 0.400. The summed E-state index contributed by atoms with van der Waals surface area (Å²) < 4.78 is 47.3. The van der Waals surface area contributed by atoms with E-state index in [9.17, 15) is 22.4 Å². The Kier molecular flexibility index (Phi) is 6.91. The molecule has 0 bridgehead atoms. The molecule has 0 unspecified atom stereocenters. The number of aryl methyl sites for hydroxylation is 1. The number of carbonyl (C=O) groups is 1. The van der Waals surface area contributed by atoms with Crippen LogP contribution in [0.3, 0.4) is 0 Å². The third kappa shape index (κ3) is 4.70. The zero-order valence-corrected chi connectivity index (χ0v) is 18.1. The number of ether oxygens (including phenoxy) is 1. The lowest BCUT2D eigenvalue weighted by molar-refractivity contribution is 0.0495. The molecule has 0 saturated heterocycles. The van der Waals surface area contributed by atoms with E-state index in [1.807, 2.05) is 18.2 Å². The first-order valence-corrected chi connectivity index (χ1v) is 11.4. The lowest BCUT2D eigenvalue weighted by atomic mass is 10.2. The van der Waals surface area contributed by atoms with Crippen molar-refractivity contribution in [1.82, 2.24) is 13.9 Å². The van der Waals surface area contributed by atoms with E-state index in [1.54, 1.807) is 24.5 Å². The predicted molar refractivity (Wildman–Crippen MR) is 114 cm³/mol. The van der Waals surface area contributed by atoms with Crippen LogP contribution in [0, 0.1) is 5.82 Å². The van der Waals surface area contributed by atoms with Crippen LogP contribution in [-0.4, -0.2) is 47.9 Å². The lowest BCUT2D eigenvalue weighted by Crippen LogP contribution is -2.31. The molecule has 31 heavy (non-hydrogen) atoms. The summed E-state index contributed by atoms with van der Waals surface area (Å²) in [6, 6.07) is 10.4. The Labute approximate surface area is 179 Å². The summed E-state index contributed by atoms with van der Waals surface area (Å²) in [5.74, 6) is -1.69. The largest absolute Gasteiger partial charge is 0.462 e. The fourth-order valence-electron chi connectivity index (χ4n) is 3.33. The van der Waals surface area contributed by atoms with E-state index in [0.29, 0.717) is 13.0 Å². The van der Waals surface area contributed by atoms with Crippen molar-refractivity contribution in [1.29, 1.82) is 0 Å². The molecule has 0 saturated carbocycles. The van der Waals surface area contributed by atoms with Crippen LogP contribution in [0.1, 0.15) is 30.6 Å². The number of rotatable bonds is 9. The van der Waals surface area contributed by atoms with Crippen LogP contribution in [0.5, 0.6) is 0 Å². The number of sulfonamides is 1. The van der Waals surface area contributed by atoms with Crippen molar-refractivity contribution in [2.45, 2.75) is 31.7 Å². The molecule has 0 spiro atoms. The molecule has 1 heterocycles. The van der Waals surface area contributed by atoms with Gasteiger partial charge in [0.2, 0.25) is 10.0 Å². The SMILES string of the molecule is CCN(CC)S(=O)(=O)c1cc(C(=O)OCCCn2c(=O)[nH]c3ccccc32)ccc1F. The zero-order chi connectivity index (χ0) is 22.6. The number of nitrogens with one attached hydrogen (secondary N) is 1. The van der Waals surface area contributed by atoms with E-state index in [-0.39, 0.29) is 30.9 Å². The highest BCUT2D eigenvalue weighted by Gasteiger charge is 2.26. The summed E-state index contributed by atoms with van der Waals surface area (Å²) >= 11 is 0. The Morgan fingerprint density at radius 2 is 1.87 bits per heavy atom. The van der Waals surface area contributed by atoms with Gasteiger partial charge in [-0.25, -0.2) is 22.4 Å². The first-order chi connectivity index (χ1) is 14.8. The highest BCUT2D eigenvalue weighted by Crippen LogP contribution is 2.21. The number of aromatic nitrogens is 2. The average molecular weight is 450 g/mol. The van der Waals surface area contributed by atoms with Crippen molar-refractivity contribution in [3.05, 3.63) is 64.3 Å². The number of hydrogen-bond donors (Lipinski definition) is 1. The summed E-state index contributed by atoms with van der Waals surface area (Å²) in [5, 5.41) is 0. The first-order valence-electron chi connectivity index (χ1n) is 9.94. The maximum absolute atomic E-state index is 14.2. The molecule has 8 nitrogen and oxygen atoms in total. The van der Waals surface area contributed by atoms with Crippen molar-refractivity contribution in [3.8, 4) is 0 Å². The molecular weight excluding hydrogens is 425 g/mol. The van der Waals surface area contributed by atoms with Crippen molar-refractivity contribution >= 4 is 27.0 Å². The molecule has 0 atom stereocenters. The minimum absolute atomic E-state index is 0.0142. The van der Waals surface area contributed by atoms with Crippen LogP contribution in [-0.2, 0) is 21.3 Å². The van der Waals surface area contributed by atoms with Gasteiger partial charge in [-0.05, 0) is 36.8 Å². The summed E-state index contributed by atoms with van der Waals surface area (Å²) in [5.41, 5.74) is 1.16. The second-order valence-corrected chi connectivity index (χ2v) is 8.73. The Hall–Kier alpha value is -2.98. The molecule has 0 aliphatic rings. The fraction of sp³-hybridized carbons (Fsp3) is 0.333. The van der Waals surface area contributed by atoms with Gasteiger partial charge in [-0.3, -0.25) is 4.57 Å². The molecule has 3 aromatic rings. The number of para-hydroxylation sites is 2. The third-order valence-corrected chi connectivity index (χ3v) is 7.00. The molecule has 3 rings (SSSR count). The molecular formula is C21H24FN3O5S. The molecule has 0 aliphatic carbocycles. The number of nitrogens with zero attached hydrogens (tertiary/aromatic N) is 2. The molecule has 0 fully saturated rings. The van der Waals surface area contributed by atoms with E-state index in [2.05, 4.69) is 4.98 Å². The number of H-pyrrole nitrogens is 1. The summed E-state index contributed by atoms with van der Waals surface area (Å²) in [6.45, 7) is 4.01. The van der Waals surface area contributed by atoms with E-state index >= 15 is 0 Å². The number of fused-ring (bicyclic) bond motifs is 1. The lowest BCUT2D eigenvalue weighted by Gasteiger charge is -2.19. The van der Waals surface area contributed by atoms with Gasteiger partial charge in [-0.15, -0.1) is 0 Å². The number of halogens is 1. The van der Waals surface area contributed by atoms with Gasteiger partial charge in [0.1, 0.15) is 10.7 Å². The first kappa shape index (κ1) is 22.7. The predicted octanol–water partition coefficient (Wildman–Crippen LogP) is 2.75. The van der Waals surface area contributed by atoms with Crippen molar-refractivity contribution < 1.29 is 22.3 Å². The Bertz CT molecular complexity index is 1250. The second-order valence-electron chi connectivity index (χ2n) is 6.82. The van der Waals surface area contributed by atoms with E-state index in [0.717, 1.165) is 27.5 Å². The van der Waals surface area contributed by atoms with Crippen molar-refractivity contribution in [2.75, 3.05) is 19.7 Å². The van der Waals surface area contributed by atoms with Gasteiger partial charge in [-0.2, -0.15) is 4.31 Å². The van der Waals surface area contributed by atoms with E-state index < -0.39 is 26.7 Å². The van der Waals surface area contributed by atoms with Crippen LogP contribution in [0.25, 0.3) is 11.0 Å². The molecule has 166 valence electrons. The maximum atomic E-state index is 14.2. The van der Waals surface area contributed by atoms with E-state index in [4.69, 9.17) is 4.74 Å². The van der Waals surface area contributed by atoms with Crippen molar-refractivity contribution in [2.24, 2.45) is 0 Å². The Balaban J connectivity index is 1.67. The summed E-state index contributed by atoms with van der Waals surface area (Å²) in [7, 11) is -4.06. The summed E-state index contributed by atoms with van der Waals surface area (Å²) in [4.78, 5) is 26.6. The Morgan fingerprint density at radius 1 is 1.16 bits per heavy atom. The summed E-state index contributed by atoms with van der Waals surface area (Å²) in [6.07, 6.45) is 0.374. The van der Waals surface area contributed by atoms with Gasteiger partial charge in [-0.1, -0.05) is 26.0 Å². The zero-order valence-electron chi connectivity index (χ0n) is 17.3. The second kappa shape index (κ2) is 9.44. The van der Waals surface area contributed by atoms with Crippen LogP contribution >= 0.6 is 0 Å². The molecule has 10 heteroatoms. The molecule has 0 aliphatic heterocycles. The van der Waals surface area contributed by atoms with Crippen LogP contribution in [0.2, 0.25) is 0 Å². The normalized spacial score (nSPS) is 11.9. The number of aromatic amines is 1. The third-order valence-electron chi connectivity index (χ3n) is 4.93. The average Bonchev–Trinajstić information content (AvgIpc) is 3.07. The standard InChI is InChI=1S/C21H24FN3O5S/c1-3-24(4-2)31(28,29)19-14-15(10-11-16(19)22)20(26)30-13-7-12-25-18-9-6-5-8-17(18)23-21(25)27/h5-6,8-11,14H,3-4,7,12-13H2,1-2H3,(H,23,27). The van der Waals surface area contributed by atoms with Crippen LogP contribution < -0.4 is 5.69 Å².